The number of hydrogen-bond acceptors (Lipinski definition) is 6. The molecule has 0 aromatic carbocycles. The third kappa shape index (κ3) is 34.0. The number of carbonyl (C=O) groups is 1. The van der Waals surface area contributed by atoms with Gasteiger partial charge in [0.25, 0.3) is 0 Å². The topological polar surface area (TPSA) is 131 Å². The van der Waals surface area contributed by atoms with Gasteiger partial charge in [-0.2, -0.15) is 0 Å². The molecule has 0 saturated carbocycles. The predicted molar refractivity (Wildman–Crippen MR) is 203 cm³/mol. The summed E-state index contributed by atoms with van der Waals surface area (Å²) < 4.78 is 22.1. The number of amides is 1. The fourth-order valence-corrected chi connectivity index (χ4v) is 7.07. The van der Waals surface area contributed by atoms with Crippen molar-refractivity contribution in [1.82, 2.24) is 5.32 Å². The molecule has 0 radical (unpaired) electrons. The quantitative estimate of drug-likeness (QED) is 0.0370. The van der Waals surface area contributed by atoms with Crippen LogP contribution in [0.4, 0.5) is 0 Å². The van der Waals surface area contributed by atoms with E-state index in [1.54, 1.807) is 0 Å². The van der Waals surface area contributed by atoms with E-state index in [0.29, 0.717) is 12.8 Å². The molecule has 0 heterocycles. The van der Waals surface area contributed by atoms with Gasteiger partial charge in [-0.05, 0) is 12.8 Å². The van der Waals surface area contributed by atoms with Gasteiger partial charge in [-0.25, -0.2) is 4.57 Å². The molecule has 0 aliphatic heterocycles. The number of aliphatic hydroxyl groups is 1. The Bertz CT molecular complexity index is 729. The van der Waals surface area contributed by atoms with E-state index in [-0.39, 0.29) is 25.7 Å². The number of aliphatic hydroxyl groups excluding tert-OH is 1. The third-order valence-corrected chi connectivity index (χ3v) is 10.4. The van der Waals surface area contributed by atoms with Gasteiger partial charge >= 0.3 is 7.82 Å². The zero-order chi connectivity index (χ0) is 35.4. The van der Waals surface area contributed by atoms with E-state index < -0.39 is 20.0 Å². The molecule has 9 heteroatoms. The number of phosphoric acid groups is 1. The molecule has 3 atom stereocenters. The maximum absolute atomic E-state index is 12.7. The minimum Gasteiger partial charge on any atom is -0.391 e. The van der Waals surface area contributed by atoms with Crippen molar-refractivity contribution in [2.75, 3.05) is 19.8 Å². The summed E-state index contributed by atoms with van der Waals surface area (Å²) >= 11 is 0. The molecule has 1 unspecified atom stereocenters. The van der Waals surface area contributed by atoms with Crippen LogP contribution in [0.2, 0.25) is 0 Å². The third-order valence-electron chi connectivity index (χ3n) is 9.46. The molecule has 0 rings (SSSR count). The predicted octanol–water partition coefficient (Wildman–Crippen LogP) is 11.1. The van der Waals surface area contributed by atoms with Crippen molar-refractivity contribution in [3.63, 3.8) is 0 Å². The monoisotopic (exact) mass is 705 g/mol. The Balaban J connectivity index is 4.15. The van der Waals surface area contributed by atoms with Crippen LogP contribution in [-0.2, 0) is 18.4 Å². The molecule has 0 aromatic rings. The van der Waals surface area contributed by atoms with Gasteiger partial charge in [-0.3, -0.25) is 13.8 Å². The Labute approximate surface area is 297 Å². The van der Waals surface area contributed by atoms with Gasteiger partial charge in [-0.15, -0.1) is 0 Å². The lowest BCUT2D eigenvalue weighted by Crippen LogP contribution is -2.46. The number of hydrogen-bond donors (Lipinski definition) is 4. The molecule has 288 valence electrons. The number of nitrogens with one attached hydrogen (secondary N) is 1. The lowest BCUT2D eigenvalue weighted by Gasteiger charge is -2.25. The fraction of sp³-hybridized carbons (Fsp3) is 0.974. The number of unbranched alkanes of at least 4 members (excludes halogenated alkanes) is 27. The van der Waals surface area contributed by atoms with E-state index in [1.165, 1.54) is 148 Å². The molecule has 1 amide bonds. The van der Waals surface area contributed by atoms with E-state index in [4.69, 9.17) is 14.8 Å². The van der Waals surface area contributed by atoms with E-state index in [1.807, 2.05) is 0 Å². The molecule has 5 N–H and O–H groups in total. The zero-order valence-electron chi connectivity index (χ0n) is 31.7. The van der Waals surface area contributed by atoms with Crippen molar-refractivity contribution in [3.8, 4) is 0 Å². The van der Waals surface area contributed by atoms with Crippen LogP contribution in [0.1, 0.15) is 213 Å². The highest BCUT2D eigenvalue weighted by molar-refractivity contribution is 7.47. The van der Waals surface area contributed by atoms with Crippen LogP contribution in [0.15, 0.2) is 0 Å². The summed E-state index contributed by atoms with van der Waals surface area (Å²) in [6.45, 7) is 4.22. The molecule has 0 saturated heterocycles. The summed E-state index contributed by atoms with van der Waals surface area (Å²) in [5, 5.41) is 13.8. The van der Waals surface area contributed by atoms with Gasteiger partial charge in [0.2, 0.25) is 5.91 Å². The van der Waals surface area contributed by atoms with Gasteiger partial charge < -0.3 is 21.1 Å². The maximum atomic E-state index is 12.7. The van der Waals surface area contributed by atoms with Crippen molar-refractivity contribution in [1.29, 1.82) is 0 Å². The highest BCUT2D eigenvalue weighted by Crippen LogP contribution is 2.43. The second kappa shape index (κ2) is 36.3. The van der Waals surface area contributed by atoms with Crippen LogP contribution < -0.4 is 11.1 Å². The SMILES string of the molecule is CCCCCCCCCCCCCCCCCCC(=O)N[C@@H](COP(=O)(O)OCCN)[C@H](O)CCCCCCCCCCCCCCC. The molecule has 0 bridgehead atoms. The van der Waals surface area contributed by atoms with Crippen LogP contribution in [0.5, 0.6) is 0 Å². The minimum atomic E-state index is -4.30. The van der Waals surface area contributed by atoms with Crippen molar-refractivity contribution in [3.05, 3.63) is 0 Å². The molecule has 8 nitrogen and oxygen atoms in total. The second-order valence-electron chi connectivity index (χ2n) is 14.2. The molecular weight excluding hydrogens is 623 g/mol. The number of nitrogens with two attached hydrogens (primary N) is 1. The smallest absolute Gasteiger partial charge is 0.391 e. The fourth-order valence-electron chi connectivity index (χ4n) is 6.31. The van der Waals surface area contributed by atoms with Crippen LogP contribution >= 0.6 is 7.82 Å². The molecular formula is C39H81N2O6P. The van der Waals surface area contributed by atoms with Gasteiger partial charge in [0.1, 0.15) is 0 Å². The van der Waals surface area contributed by atoms with E-state index in [9.17, 15) is 19.4 Å². The van der Waals surface area contributed by atoms with Crippen molar-refractivity contribution >= 4 is 13.7 Å². The lowest BCUT2D eigenvalue weighted by molar-refractivity contribution is -0.123. The molecule has 0 aliphatic carbocycles. The number of carbonyl (C=O) groups excluding carboxylic acids is 1. The van der Waals surface area contributed by atoms with Crippen molar-refractivity contribution in [2.45, 2.75) is 225 Å². The van der Waals surface area contributed by atoms with Gasteiger partial charge in [0.05, 0.1) is 25.4 Å². The Morgan fingerprint density at radius 3 is 1.33 bits per heavy atom. The summed E-state index contributed by atoms with van der Waals surface area (Å²) in [7, 11) is -4.30. The summed E-state index contributed by atoms with van der Waals surface area (Å²) in [5.41, 5.74) is 5.37. The first kappa shape index (κ1) is 47.5. The van der Waals surface area contributed by atoms with Crippen molar-refractivity contribution < 1.29 is 28.4 Å². The van der Waals surface area contributed by atoms with Gasteiger partial charge in [0, 0.05) is 13.0 Å². The van der Waals surface area contributed by atoms with Crippen molar-refractivity contribution in [2.24, 2.45) is 5.73 Å². The normalized spacial score (nSPS) is 14.2. The summed E-state index contributed by atoms with van der Waals surface area (Å²) in [6, 6.07) is -0.766. The van der Waals surface area contributed by atoms with Gasteiger partial charge in [-0.1, -0.05) is 194 Å². The average molecular weight is 705 g/mol. The largest absolute Gasteiger partial charge is 0.472 e. The van der Waals surface area contributed by atoms with Gasteiger partial charge in [0.15, 0.2) is 0 Å². The Hall–Kier alpha value is -0.500. The highest BCUT2D eigenvalue weighted by atomic mass is 31.2. The van der Waals surface area contributed by atoms with Crippen LogP contribution in [0.3, 0.4) is 0 Å². The molecule has 0 fully saturated rings. The maximum Gasteiger partial charge on any atom is 0.472 e. The minimum absolute atomic E-state index is 0.0923. The van der Waals surface area contributed by atoms with Crippen LogP contribution in [-0.4, -0.2) is 47.8 Å². The molecule has 0 aromatic heterocycles. The first-order valence-corrected chi connectivity index (χ1v) is 22.1. The number of rotatable bonds is 39. The standard InChI is InChI=1S/C39H81N2O6P/c1-3-5-7-9-11-13-15-17-18-19-21-23-25-27-29-31-33-39(43)41-37(36-47-48(44,45)46-35-34-40)38(42)32-30-28-26-24-22-20-16-14-12-10-8-6-4-2/h37-38,42H,3-36,40H2,1-2H3,(H,41,43)(H,44,45)/t37-,38+/m0/s1. The second-order valence-corrected chi connectivity index (χ2v) is 15.7. The van der Waals surface area contributed by atoms with Crippen LogP contribution in [0, 0.1) is 0 Å². The van der Waals surface area contributed by atoms with E-state index in [0.717, 1.165) is 38.5 Å². The first-order valence-electron chi connectivity index (χ1n) is 20.7. The summed E-state index contributed by atoms with van der Waals surface area (Å²) in [6.07, 6.45) is 36.7. The summed E-state index contributed by atoms with van der Waals surface area (Å²) in [4.78, 5) is 22.7. The lowest BCUT2D eigenvalue weighted by atomic mass is 10.0. The molecule has 0 spiro atoms. The zero-order valence-corrected chi connectivity index (χ0v) is 32.6. The Morgan fingerprint density at radius 1 is 0.604 bits per heavy atom. The summed E-state index contributed by atoms with van der Waals surface area (Å²) in [5.74, 6) is -0.158. The first-order chi connectivity index (χ1) is 23.4. The van der Waals surface area contributed by atoms with Crippen LogP contribution in [0.25, 0.3) is 0 Å². The van der Waals surface area contributed by atoms with E-state index >= 15 is 0 Å². The average Bonchev–Trinajstić information content (AvgIpc) is 3.07. The number of phosphoric ester groups is 1. The highest BCUT2D eigenvalue weighted by Gasteiger charge is 2.27. The Kier molecular flexibility index (Phi) is 35.9. The molecule has 0 aliphatic rings. The Morgan fingerprint density at radius 2 is 0.958 bits per heavy atom. The molecule has 48 heavy (non-hydrogen) atoms. The van der Waals surface area contributed by atoms with E-state index in [2.05, 4.69) is 19.2 Å².